The molecule has 5 rings (SSSR count). The Morgan fingerprint density at radius 2 is 1.85 bits per heavy atom. The van der Waals surface area contributed by atoms with Gasteiger partial charge in [-0.15, -0.1) is 0 Å². The summed E-state index contributed by atoms with van der Waals surface area (Å²) in [6, 6.07) is 9.67. The van der Waals surface area contributed by atoms with Crippen molar-refractivity contribution in [1.82, 2.24) is 19.5 Å². The molecular weight excluding hydrogens is 338 g/mol. The van der Waals surface area contributed by atoms with Crippen molar-refractivity contribution < 1.29 is 19.3 Å². The van der Waals surface area contributed by atoms with Gasteiger partial charge in [0.25, 0.3) is 0 Å². The third kappa shape index (κ3) is 2.29. The predicted molar refractivity (Wildman–Crippen MR) is 89.7 cm³/mol. The van der Waals surface area contributed by atoms with Crippen molar-refractivity contribution in [2.75, 3.05) is 12.3 Å². The zero-order valence-electron chi connectivity index (χ0n) is 13.7. The van der Waals surface area contributed by atoms with Crippen LogP contribution in [0.1, 0.15) is 18.1 Å². The molecule has 2 aliphatic heterocycles. The topological polar surface area (TPSA) is 118 Å². The Hall–Kier alpha value is -2.59. The predicted octanol–water partition coefficient (Wildman–Crippen LogP) is 0.781. The highest BCUT2D eigenvalue weighted by atomic mass is 16.8. The van der Waals surface area contributed by atoms with Gasteiger partial charge < -0.3 is 25.1 Å². The fraction of sp³-hybridized carbons (Fsp3) is 0.353. The number of fused-ring (bicyclic) bond motifs is 2. The normalized spacial score (nSPS) is 30.7. The number of imidazole rings is 1. The van der Waals surface area contributed by atoms with E-state index >= 15 is 0 Å². The van der Waals surface area contributed by atoms with E-state index in [0.717, 1.165) is 5.56 Å². The molecule has 2 aliphatic rings. The monoisotopic (exact) mass is 355 g/mol. The fourth-order valence-corrected chi connectivity index (χ4v) is 3.53. The molecular formula is C17H17N5O4. The molecule has 2 saturated heterocycles. The van der Waals surface area contributed by atoms with Crippen LogP contribution in [0.5, 0.6) is 0 Å². The Balaban J connectivity index is 1.51. The average Bonchev–Trinajstić information content (AvgIpc) is 3.36. The molecule has 9 nitrogen and oxygen atoms in total. The van der Waals surface area contributed by atoms with Gasteiger partial charge in [0, 0.05) is 5.56 Å². The lowest BCUT2D eigenvalue weighted by Crippen LogP contribution is -2.30. The molecule has 26 heavy (non-hydrogen) atoms. The van der Waals surface area contributed by atoms with Crippen molar-refractivity contribution in [3.8, 4) is 0 Å². The number of aliphatic hydroxyl groups excluding tert-OH is 1. The molecule has 4 heterocycles. The number of hydrogen-bond donors (Lipinski definition) is 2. The first-order valence-electron chi connectivity index (χ1n) is 8.31. The molecule has 0 radical (unpaired) electrons. The van der Waals surface area contributed by atoms with Crippen molar-refractivity contribution in [2.24, 2.45) is 0 Å². The Morgan fingerprint density at radius 3 is 2.65 bits per heavy atom. The van der Waals surface area contributed by atoms with Gasteiger partial charge in [0.1, 0.15) is 30.2 Å². The van der Waals surface area contributed by atoms with E-state index < -0.39 is 30.8 Å². The first-order chi connectivity index (χ1) is 12.8. The van der Waals surface area contributed by atoms with Gasteiger partial charge in [-0.25, -0.2) is 15.0 Å². The standard InChI is InChI=1S/C17H17N5O4/c18-14-11-15(20-7-19-14)22(8-21-11)16-13-12(10(6-23)24-16)25-17(26-13)9-4-2-1-3-5-9/h1-5,7-8,10,12-13,16-17,23H,6H2,(H2,18,19,20). The van der Waals surface area contributed by atoms with E-state index in [1.807, 2.05) is 30.3 Å². The highest BCUT2D eigenvalue weighted by molar-refractivity contribution is 5.81. The van der Waals surface area contributed by atoms with Gasteiger partial charge in [-0.1, -0.05) is 30.3 Å². The number of benzene rings is 1. The summed E-state index contributed by atoms with van der Waals surface area (Å²) in [6.07, 6.45) is 0.612. The van der Waals surface area contributed by atoms with Crippen LogP contribution in [0.4, 0.5) is 5.82 Å². The molecule has 0 aliphatic carbocycles. The van der Waals surface area contributed by atoms with Gasteiger partial charge in [0.2, 0.25) is 0 Å². The SMILES string of the molecule is Nc1ncnc2c1ncn2C1OC(CO)C2OC(c3ccccc3)OC21. The lowest BCUT2D eigenvalue weighted by Gasteiger charge is -2.20. The summed E-state index contributed by atoms with van der Waals surface area (Å²) in [5, 5.41) is 9.71. The first-order valence-corrected chi connectivity index (χ1v) is 8.31. The molecule has 9 heteroatoms. The van der Waals surface area contributed by atoms with Crippen LogP contribution in [0.15, 0.2) is 43.0 Å². The Morgan fingerprint density at radius 1 is 1.04 bits per heavy atom. The number of nitrogens with zero attached hydrogens (tertiary/aromatic N) is 4. The maximum absolute atomic E-state index is 9.71. The number of anilines is 1. The average molecular weight is 355 g/mol. The van der Waals surface area contributed by atoms with Crippen LogP contribution in [-0.4, -0.2) is 49.5 Å². The smallest absolute Gasteiger partial charge is 0.185 e. The van der Waals surface area contributed by atoms with Gasteiger partial charge >= 0.3 is 0 Å². The quantitative estimate of drug-likeness (QED) is 0.708. The van der Waals surface area contributed by atoms with Crippen molar-refractivity contribution in [3.63, 3.8) is 0 Å². The molecule has 0 saturated carbocycles. The summed E-state index contributed by atoms with van der Waals surface area (Å²) < 4.78 is 19.9. The van der Waals surface area contributed by atoms with Crippen LogP contribution in [0, 0.1) is 0 Å². The fourth-order valence-electron chi connectivity index (χ4n) is 3.53. The van der Waals surface area contributed by atoms with Gasteiger partial charge in [-0.2, -0.15) is 0 Å². The van der Waals surface area contributed by atoms with E-state index in [2.05, 4.69) is 15.0 Å². The van der Waals surface area contributed by atoms with Crippen molar-refractivity contribution in [3.05, 3.63) is 48.5 Å². The van der Waals surface area contributed by atoms with E-state index in [-0.39, 0.29) is 6.61 Å². The number of ether oxygens (including phenoxy) is 3. The highest BCUT2D eigenvalue weighted by Crippen LogP contribution is 2.44. The maximum atomic E-state index is 9.71. The minimum absolute atomic E-state index is 0.174. The van der Waals surface area contributed by atoms with Crippen molar-refractivity contribution in [2.45, 2.75) is 30.8 Å². The first kappa shape index (κ1) is 15.6. The zero-order valence-corrected chi connectivity index (χ0v) is 13.7. The molecule has 3 aromatic rings. The van der Waals surface area contributed by atoms with Crippen LogP contribution in [0.25, 0.3) is 11.2 Å². The number of hydrogen-bond acceptors (Lipinski definition) is 8. The Labute approximate surface area is 148 Å². The molecule has 2 fully saturated rings. The second kappa shape index (κ2) is 5.99. The highest BCUT2D eigenvalue weighted by Gasteiger charge is 2.53. The van der Waals surface area contributed by atoms with Crippen LogP contribution >= 0.6 is 0 Å². The molecule has 134 valence electrons. The van der Waals surface area contributed by atoms with Crippen molar-refractivity contribution >= 4 is 17.0 Å². The maximum Gasteiger partial charge on any atom is 0.185 e. The molecule has 0 bridgehead atoms. The van der Waals surface area contributed by atoms with Gasteiger partial charge in [-0.05, 0) is 0 Å². The summed E-state index contributed by atoms with van der Waals surface area (Å²) in [6.45, 7) is -0.174. The van der Waals surface area contributed by atoms with Gasteiger partial charge in [0.15, 0.2) is 24.0 Å². The van der Waals surface area contributed by atoms with Crippen LogP contribution in [-0.2, 0) is 14.2 Å². The second-order valence-electron chi connectivity index (χ2n) is 6.27. The lowest BCUT2D eigenvalue weighted by molar-refractivity contribution is -0.153. The number of rotatable bonds is 3. The summed E-state index contributed by atoms with van der Waals surface area (Å²) in [4.78, 5) is 12.5. The Bertz CT molecular complexity index is 933. The zero-order chi connectivity index (χ0) is 17.7. The minimum atomic E-state index is -0.537. The summed E-state index contributed by atoms with van der Waals surface area (Å²) in [5.74, 6) is 0.299. The molecule has 0 spiro atoms. The van der Waals surface area contributed by atoms with Crippen LogP contribution in [0.2, 0.25) is 0 Å². The number of aliphatic hydroxyl groups is 1. The van der Waals surface area contributed by atoms with Crippen LogP contribution in [0.3, 0.4) is 0 Å². The molecule has 5 atom stereocenters. The second-order valence-corrected chi connectivity index (χ2v) is 6.27. The van der Waals surface area contributed by atoms with E-state index in [0.29, 0.717) is 17.0 Å². The van der Waals surface area contributed by atoms with Crippen LogP contribution < -0.4 is 5.73 Å². The molecule has 1 aromatic carbocycles. The minimum Gasteiger partial charge on any atom is -0.394 e. The third-order valence-electron chi connectivity index (χ3n) is 4.76. The lowest BCUT2D eigenvalue weighted by atomic mass is 10.1. The van der Waals surface area contributed by atoms with E-state index in [4.69, 9.17) is 19.9 Å². The van der Waals surface area contributed by atoms with Gasteiger partial charge in [0.05, 0.1) is 12.9 Å². The largest absolute Gasteiger partial charge is 0.394 e. The third-order valence-corrected chi connectivity index (χ3v) is 4.76. The van der Waals surface area contributed by atoms with E-state index in [9.17, 15) is 5.11 Å². The summed E-state index contributed by atoms with van der Waals surface area (Å²) >= 11 is 0. The molecule has 3 N–H and O–H groups in total. The Kier molecular flexibility index (Phi) is 3.61. The molecule has 5 unspecified atom stereocenters. The summed E-state index contributed by atoms with van der Waals surface area (Å²) in [7, 11) is 0. The molecule has 0 amide bonds. The number of aromatic nitrogens is 4. The van der Waals surface area contributed by atoms with Crippen molar-refractivity contribution in [1.29, 1.82) is 0 Å². The molecule has 2 aromatic heterocycles. The van der Waals surface area contributed by atoms with E-state index in [1.54, 1.807) is 10.9 Å². The number of nitrogens with two attached hydrogens (primary N) is 1. The van der Waals surface area contributed by atoms with Gasteiger partial charge in [-0.3, -0.25) is 4.57 Å². The van der Waals surface area contributed by atoms with E-state index in [1.165, 1.54) is 6.33 Å². The summed E-state index contributed by atoms with van der Waals surface area (Å²) in [5.41, 5.74) is 7.83. The number of nitrogen functional groups attached to an aromatic ring is 1.